The number of ether oxygens (including phenoxy) is 3. The summed E-state index contributed by atoms with van der Waals surface area (Å²) in [6.07, 6.45) is 52.4. The van der Waals surface area contributed by atoms with Crippen LogP contribution in [0.3, 0.4) is 0 Å². The average Bonchev–Trinajstić information content (AvgIpc) is 3.19. The minimum atomic E-state index is -0.880. The molecular formula is C51H88NO7+. The summed E-state index contributed by atoms with van der Waals surface area (Å²) >= 11 is 0. The molecule has 0 rings (SSSR count). The predicted molar refractivity (Wildman–Crippen MR) is 247 cm³/mol. The van der Waals surface area contributed by atoms with Crippen LogP contribution in [0.2, 0.25) is 0 Å². The van der Waals surface area contributed by atoms with Gasteiger partial charge >= 0.3 is 17.9 Å². The molecule has 0 saturated carbocycles. The van der Waals surface area contributed by atoms with Crippen LogP contribution in [0.5, 0.6) is 0 Å². The number of aliphatic carboxylic acids is 1. The van der Waals surface area contributed by atoms with Crippen molar-refractivity contribution >= 4 is 17.9 Å². The minimum absolute atomic E-state index is 0.0511. The van der Waals surface area contributed by atoms with Gasteiger partial charge in [0.15, 0.2) is 12.1 Å². The number of carboxylic acids is 1. The first-order valence-electron chi connectivity index (χ1n) is 23.5. The molecule has 0 aromatic heterocycles. The van der Waals surface area contributed by atoms with Gasteiger partial charge < -0.3 is 23.8 Å². The summed E-state index contributed by atoms with van der Waals surface area (Å²) in [6.45, 7) is 4.49. The highest BCUT2D eigenvalue weighted by molar-refractivity contribution is 5.72. The highest BCUT2D eigenvalue weighted by Crippen LogP contribution is 2.14. The van der Waals surface area contributed by atoms with E-state index in [-0.39, 0.29) is 36.2 Å². The van der Waals surface area contributed by atoms with Crippen LogP contribution in [0.25, 0.3) is 0 Å². The van der Waals surface area contributed by atoms with Crippen LogP contribution in [0.1, 0.15) is 181 Å². The molecule has 2 unspecified atom stereocenters. The van der Waals surface area contributed by atoms with Crippen molar-refractivity contribution < 1.29 is 38.2 Å². The lowest BCUT2D eigenvalue weighted by molar-refractivity contribution is -0.887. The van der Waals surface area contributed by atoms with Crippen molar-refractivity contribution in [1.82, 2.24) is 0 Å². The number of hydrogen-bond acceptors (Lipinski definition) is 6. The lowest BCUT2D eigenvalue weighted by Crippen LogP contribution is -2.50. The van der Waals surface area contributed by atoms with Crippen molar-refractivity contribution in [1.29, 1.82) is 0 Å². The largest absolute Gasteiger partial charge is 0.477 e. The normalized spacial score (nSPS) is 13.6. The fourth-order valence-corrected chi connectivity index (χ4v) is 6.53. The molecule has 59 heavy (non-hydrogen) atoms. The van der Waals surface area contributed by atoms with Crippen molar-refractivity contribution in [3.8, 4) is 0 Å². The SMILES string of the molecule is CC/C=C/C/C=C/C/C=C/C/C=C/CCCCCCCCCCCCC(=O)OCC(COCCC(C(=O)O)[N+](C)(C)C)OC(=O)CCCCCCC/C=C/C/C=C/CC. The first-order chi connectivity index (χ1) is 28.6. The third-order valence-electron chi connectivity index (χ3n) is 10.1. The molecule has 0 aliphatic carbocycles. The van der Waals surface area contributed by atoms with E-state index in [9.17, 15) is 19.5 Å². The van der Waals surface area contributed by atoms with Crippen molar-refractivity contribution in [3.63, 3.8) is 0 Å². The number of allylic oxidation sites excluding steroid dienone is 12. The lowest BCUT2D eigenvalue weighted by Gasteiger charge is -2.31. The van der Waals surface area contributed by atoms with E-state index in [4.69, 9.17) is 14.2 Å². The van der Waals surface area contributed by atoms with Crippen molar-refractivity contribution in [2.24, 2.45) is 0 Å². The van der Waals surface area contributed by atoms with Gasteiger partial charge in [-0.1, -0.05) is 157 Å². The Morgan fingerprint density at radius 3 is 1.32 bits per heavy atom. The van der Waals surface area contributed by atoms with Gasteiger partial charge in [-0.15, -0.1) is 0 Å². The summed E-state index contributed by atoms with van der Waals surface area (Å²) in [5, 5.41) is 9.62. The zero-order chi connectivity index (χ0) is 43.5. The molecule has 0 aliphatic heterocycles. The van der Waals surface area contributed by atoms with Gasteiger partial charge in [-0.05, 0) is 77.0 Å². The molecule has 1 N–H and O–H groups in total. The summed E-state index contributed by atoms with van der Waals surface area (Å²) in [4.78, 5) is 37.0. The third kappa shape index (κ3) is 40.0. The highest BCUT2D eigenvalue weighted by Gasteiger charge is 2.31. The minimum Gasteiger partial charge on any atom is -0.477 e. The van der Waals surface area contributed by atoms with Crippen LogP contribution in [-0.4, -0.2) is 80.6 Å². The van der Waals surface area contributed by atoms with Crippen molar-refractivity contribution in [2.45, 2.75) is 193 Å². The molecule has 0 fully saturated rings. The van der Waals surface area contributed by atoms with Gasteiger partial charge in [0, 0.05) is 19.3 Å². The van der Waals surface area contributed by atoms with Gasteiger partial charge in [-0.2, -0.15) is 0 Å². The zero-order valence-corrected chi connectivity index (χ0v) is 38.4. The number of carboxylic acid groups (broad SMARTS) is 1. The Bertz CT molecular complexity index is 1190. The Kier molecular flexibility index (Phi) is 39.2. The molecule has 0 aliphatic rings. The second-order valence-corrected chi connectivity index (χ2v) is 16.6. The standard InChI is InChI=1S/C51H87NO7/c1-6-8-10-12-14-16-18-20-21-22-23-24-25-26-27-28-29-30-32-33-35-37-39-41-49(53)58-46-47(45-57-44-43-48(51(55)56)52(3,4)5)59-50(54)42-40-38-36-34-31-19-17-15-13-11-9-7-2/h8-11,14-17,20-21,23-24,47-48H,6-7,12-13,18-19,22,25-46H2,1-5H3/p+1/b10-8+,11-9+,16-14+,17-15+,21-20+,24-23+. The molecule has 0 saturated heterocycles. The van der Waals surface area contributed by atoms with E-state index in [1.54, 1.807) is 0 Å². The Balaban J connectivity index is 4.24. The van der Waals surface area contributed by atoms with Gasteiger partial charge in [-0.3, -0.25) is 9.59 Å². The van der Waals surface area contributed by atoms with Crippen LogP contribution in [0, 0.1) is 0 Å². The molecule has 8 nitrogen and oxygen atoms in total. The van der Waals surface area contributed by atoms with Crippen LogP contribution in [0.4, 0.5) is 0 Å². The van der Waals surface area contributed by atoms with Crippen molar-refractivity contribution in [3.05, 3.63) is 72.9 Å². The maximum absolute atomic E-state index is 12.7. The number of unbranched alkanes of at least 4 members (excludes halogenated alkanes) is 15. The summed E-state index contributed by atoms with van der Waals surface area (Å²) < 4.78 is 17.3. The van der Waals surface area contributed by atoms with E-state index in [0.29, 0.717) is 19.3 Å². The molecule has 0 radical (unpaired) electrons. The molecule has 2 atom stereocenters. The Hall–Kier alpha value is -3.23. The number of carbonyl (C=O) groups excluding carboxylic acids is 2. The number of hydrogen-bond donors (Lipinski definition) is 1. The second-order valence-electron chi connectivity index (χ2n) is 16.6. The van der Waals surface area contributed by atoms with E-state index in [2.05, 4.69) is 86.8 Å². The summed E-state index contributed by atoms with van der Waals surface area (Å²) in [6, 6.07) is -0.620. The quantitative estimate of drug-likeness (QED) is 0.0284. The van der Waals surface area contributed by atoms with E-state index in [1.165, 1.54) is 51.4 Å². The first-order valence-corrected chi connectivity index (χ1v) is 23.5. The van der Waals surface area contributed by atoms with Crippen LogP contribution in [-0.2, 0) is 28.6 Å². The van der Waals surface area contributed by atoms with Gasteiger partial charge in [0.1, 0.15) is 6.61 Å². The topological polar surface area (TPSA) is 99.1 Å². The molecule has 0 aromatic rings. The van der Waals surface area contributed by atoms with Crippen LogP contribution < -0.4 is 0 Å². The Labute approximate surface area is 361 Å². The molecule has 0 amide bonds. The lowest BCUT2D eigenvalue weighted by atomic mass is 10.1. The molecule has 0 spiro atoms. The van der Waals surface area contributed by atoms with E-state index in [1.807, 2.05) is 21.1 Å². The molecule has 338 valence electrons. The first kappa shape index (κ1) is 55.8. The molecular weight excluding hydrogens is 739 g/mol. The number of carbonyl (C=O) groups is 3. The second kappa shape index (κ2) is 41.5. The average molecular weight is 827 g/mol. The van der Waals surface area contributed by atoms with Crippen LogP contribution in [0.15, 0.2) is 72.9 Å². The number of quaternary nitrogens is 1. The summed E-state index contributed by atoms with van der Waals surface area (Å²) in [7, 11) is 5.52. The molecule has 8 heteroatoms. The molecule has 0 aromatic carbocycles. The van der Waals surface area contributed by atoms with Crippen molar-refractivity contribution in [2.75, 3.05) is 41.0 Å². The summed E-state index contributed by atoms with van der Waals surface area (Å²) in [5.41, 5.74) is 0. The predicted octanol–water partition coefficient (Wildman–Crippen LogP) is 13.1. The highest BCUT2D eigenvalue weighted by atomic mass is 16.6. The van der Waals surface area contributed by atoms with Gasteiger partial charge in [0.05, 0.1) is 34.4 Å². The number of rotatable bonds is 41. The third-order valence-corrected chi connectivity index (χ3v) is 10.1. The van der Waals surface area contributed by atoms with E-state index < -0.39 is 18.1 Å². The maximum atomic E-state index is 12.7. The van der Waals surface area contributed by atoms with Crippen LogP contribution >= 0.6 is 0 Å². The van der Waals surface area contributed by atoms with Gasteiger partial charge in [0.25, 0.3) is 0 Å². The fraction of sp³-hybridized carbons (Fsp3) is 0.706. The Morgan fingerprint density at radius 2 is 0.898 bits per heavy atom. The maximum Gasteiger partial charge on any atom is 0.362 e. The van der Waals surface area contributed by atoms with E-state index in [0.717, 1.165) is 96.3 Å². The monoisotopic (exact) mass is 827 g/mol. The fourth-order valence-electron chi connectivity index (χ4n) is 6.53. The smallest absolute Gasteiger partial charge is 0.362 e. The van der Waals surface area contributed by atoms with Gasteiger partial charge in [0.2, 0.25) is 0 Å². The van der Waals surface area contributed by atoms with Gasteiger partial charge in [-0.25, -0.2) is 4.79 Å². The molecule has 0 bridgehead atoms. The zero-order valence-electron chi connectivity index (χ0n) is 38.4. The molecule has 0 heterocycles. The Morgan fingerprint density at radius 1 is 0.508 bits per heavy atom. The number of esters is 2. The number of likely N-dealkylation sites (N-methyl/N-ethyl adjacent to an activating group) is 1. The summed E-state index contributed by atoms with van der Waals surface area (Å²) in [5.74, 6) is -1.50. The number of nitrogens with zero attached hydrogens (tertiary/aromatic N) is 1. The van der Waals surface area contributed by atoms with E-state index >= 15 is 0 Å².